The average Bonchev–Trinajstić information content (AvgIpc) is 2.72. The fraction of sp³-hybridized carbons (Fsp3) is 0.625. The van der Waals surface area contributed by atoms with Gasteiger partial charge in [-0.1, -0.05) is 30.3 Å². The van der Waals surface area contributed by atoms with Gasteiger partial charge < -0.3 is 18.9 Å². The highest BCUT2D eigenvalue weighted by Crippen LogP contribution is 2.27. The van der Waals surface area contributed by atoms with Crippen LogP contribution in [0.25, 0.3) is 0 Å². The first kappa shape index (κ1) is 26.8. The lowest BCUT2D eigenvalue weighted by molar-refractivity contribution is -0.178. The average molecular weight is 437 g/mol. The van der Waals surface area contributed by atoms with Crippen molar-refractivity contribution >= 4 is 17.7 Å². The SMILES string of the molecule is CCOC(=O)C(C)(C)C(=O)[C@H](OC(=O)C(C)(C)C)[C@@H](CCOCc1ccccc1)OC. The molecule has 174 valence electrons. The topological polar surface area (TPSA) is 88.1 Å². The Morgan fingerprint density at radius 2 is 1.58 bits per heavy atom. The van der Waals surface area contributed by atoms with E-state index in [1.807, 2.05) is 30.3 Å². The van der Waals surface area contributed by atoms with E-state index in [0.29, 0.717) is 13.0 Å². The third-order valence-electron chi connectivity index (χ3n) is 4.81. The molecular formula is C24H36O7. The molecule has 0 aromatic heterocycles. The molecule has 7 heteroatoms. The van der Waals surface area contributed by atoms with E-state index in [0.717, 1.165) is 5.56 Å². The maximum absolute atomic E-state index is 13.3. The molecule has 0 amide bonds. The molecule has 0 saturated carbocycles. The van der Waals surface area contributed by atoms with Crippen molar-refractivity contribution in [1.29, 1.82) is 0 Å². The van der Waals surface area contributed by atoms with Crippen LogP contribution in [0.1, 0.15) is 53.5 Å². The first-order chi connectivity index (χ1) is 14.4. The Labute approximate surface area is 185 Å². The Morgan fingerprint density at radius 1 is 0.968 bits per heavy atom. The van der Waals surface area contributed by atoms with Gasteiger partial charge in [-0.25, -0.2) is 0 Å². The number of ether oxygens (including phenoxy) is 4. The van der Waals surface area contributed by atoms with Gasteiger partial charge in [-0.2, -0.15) is 0 Å². The van der Waals surface area contributed by atoms with Crippen LogP contribution in [-0.2, 0) is 39.9 Å². The van der Waals surface area contributed by atoms with Crippen molar-refractivity contribution in [3.8, 4) is 0 Å². The van der Waals surface area contributed by atoms with Crippen LogP contribution >= 0.6 is 0 Å². The summed E-state index contributed by atoms with van der Waals surface area (Å²) in [4.78, 5) is 38.2. The van der Waals surface area contributed by atoms with Crippen LogP contribution in [0.4, 0.5) is 0 Å². The summed E-state index contributed by atoms with van der Waals surface area (Å²) in [6.45, 7) is 10.5. The zero-order valence-electron chi connectivity index (χ0n) is 19.7. The number of esters is 2. The number of rotatable bonds is 12. The van der Waals surface area contributed by atoms with E-state index in [2.05, 4.69) is 0 Å². The Balaban J connectivity index is 2.96. The number of hydrogen-bond donors (Lipinski definition) is 0. The van der Waals surface area contributed by atoms with Crippen LogP contribution in [0.5, 0.6) is 0 Å². The third-order valence-corrected chi connectivity index (χ3v) is 4.81. The maximum atomic E-state index is 13.3. The van der Waals surface area contributed by atoms with E-state index >= 15 is 0 Å². The molecule has 31 heavy (non-hydrogen) atoms. The Morgan fingerprint density at radius 3 is 2.10 bits per heavy atom. The number of benzene rings is 1. The van der Waals surface area contributed by atoms with Crippen molar-refractivity contribution in [2.24, 2.45) is 10.8 Å². The number of hydrogen-bond acceptors (Lipinski definition) is 7. The van der Waals surface area contributed by atoms with Crippen LogP contribution in [-0.4, -0.2) is 50.3 Å². The van der Waals surface area contributed by atoms with Gasteiger partial charge in [-0.05, 0) is 47.1 Å². The molecule has 2 atom stereocenters. The molecule has 0 aliphatic carbocycles. The first-order valence-corrected chi connectivity index (χ1v) is 10.5. The molecule has 0 aliphatic heterocycles. The van der Waals surface area contributed by atoms with Gasteiger partial charge in [0.25, 0.3) is 0 Å². The first-order valence-electron chi connectivity index (χ1n) is 10.5. The van der Waals surface area contributed by atoms with Crippen molar-refractivity contribution in [1.82, 2.24) is 0 Å². The van der Waals surface area contributed by atoms with E-state index in [1.165, 1.54) is 21.0 Å². The second kappa shape index (κ2) is 12.0. The number of ketones is 1. The normalized spacial score (nSPS) is 13.9. The van der Waals surface area contributed by atoms with E-state index in [4.69, 9.17) is 18.9 Å². The summed E-state index contributed by atoms with van der Waals surface area (Å²) in [6.07, 6.45) is -1.74. The molecular weight excluding hydrogens is 400 g/mol. The highest BCUT2D eigenvalue weighted by Gasteiger charge is 2.47. The van der Waals surface area contributed by atoms with Gasteiger partial charge in [0.2, 0.25) is 0 Å². The molecule has 0 bridgehead atoms. The minimum atomic E-state index is -1.50. The zero-order valence-corrected chi connectivity index (χ0v) is 19.7. The van der Waals surface area contributed by atoms with Gasteiger partial charge >= 0.3 is 11.9 Å². The lowest BCUT2D eigenvalue weighted by Gasteiger charge is -2.32. The third kappa shape index (κ3) is 8.07. The van der Waals surface area contributed by atoms with Crippen molar-refractivity contribution in [2.75, 3.05) is 20.3 Å². The highest BCUT2D eigenvalue weighted by molar-refractivity contribution is 6.06. The largest absolute Gasteiger partial charge is 0.465 e. The molecule has 0 spiro atoms. The van der Waals surface area contributed by atoms with E-state index in [-0.39, 0.29) is 13.2 Å². The molecule has 1 aromatic rings. The molecule has 0 saturated heterocycles. The second-order valence-corrected chi connectivity index (χ2v) is 8.89. The molecule has 0 unspecified atom stereocenters. The van der Waals surface area contributed by atoms with Gasteiger partial charge in [0.05, 0.1) is 18.6 Å². The van der Waals surface area contributed by atoms with E-state index < -0.39 is 40.8 Å². The lowest BCUT2D eigenvalue weighted by atomic mass is 9.83. The monoisotopic (exact) mass is 436 g/mol. The second-order valence-electron chi connectivity index (χ2n) is 8.89. The van der Waals surface area contributed by atoms with Crippen LogP contribution in [0.3, 0.4) is 0 Å². The smallest absolute Gasteiger partial charge is 0.319 e. The quantitative estimate of drug-likeness (QED) is 0.280. The summed E-state index contributed by atoms with van der Waals surface area (Å²) in [5.74, 6) is -1.80. The number of carbonyl (C=O) groups excluding carboxylic acids is 3. The number of methoxy groups -OCH3 is 1. The summed E-state index contributed by atoms with van der Waals surface area (Å²) in [7, 11) is 1.43. The Kier molecular flexibility index (Phi) is 10.3. The van der Waals surface area contributed by atoms with E-state index in [1.54, 1.807) is 27.7 Å². The van der Waals surface area contributed by atoms with Crippen LogP contribution < -0.4 is 0 Å². The van der Waals surface area contributed by atoms with Crippen LogP contribution in [0.15, 0.2) is 30.3 Å². The van der Waals surface area contributed by atoms with Gasteiger partial charge in [0.1, 0.15) is 11.5 Å². The number of Topliss-reactive ketones (excluding diaryl/α,β-unsaturated/α-hetero) is 1. The predicted octanol–water partition coefficient (Wildman–Crippen LogP) is 3.72. The molecule has 0 aliphatic rings. The molecule has 0 radical (unpaired) electrons. The fourth-order valence-electron chi connectivity index (χ4n) is 2.71. The lowest BCUT2D eigenvalue weighted by Crippen LogP contribution is -2.50. The fourth-order valence-corrected chi connectivity index (χ4v) is 2.71. The number of carbonyl (C=O) groups is 3. The van der Waals surface area contributed by atoms with Gasteiger partial charge in [-0.15, -0.1) is 0 Å². The summed E-state index contributed by atoms with van der Waals surface area (Å²) < 4.78 is 21.8. The minimum Gasteiger partial charge on any atom is -0.465 e. The zero-order chi connectivity index (χ0) is 23.7. The van der Waals surface area contributed by atoms with Crippen LogP contribution in [0, 0.1) is 10.8 Å². The van der Waals surface area contributed by atoms with Crippen LogP contribution in [0.2, 0.25) is 0 Å². The van der Waals surface area contributed by atoms with Gasteiger partial charge in [-0.3, -0.25) is 14.4 Å². The molecule has 1 aromatic carbocycles. The summed E-state index contributed by atoms with van der Waals surface area (Å²) >= 11 is 0. The predicted molar refractivity (Wildman–Crippen MR) is 116 cm³/mol. The van der Waals surface area contributed by atoms with Gasteiger partial charge in [0.15, 0.2) is 11.9 Å². The Bertz CT molecular complexity index is 719. The summed E-state index contributed by atoms with van der Waals surface area (Å²) in [5, 5.41) is 0. The molecule has 1 rings (SSSR count). The standard InChI is InChI=1S/C24H36O7/c1-8-30-22(27)24(5,6)20(25)19(31-21(26)23(2,3)4)18(28-7)14-15-29-16-17-12-10-9-11-13-17/h9-13,18-19H,8,14-16H2,1-7H3/t18-,19-/m1/s1. The highest BCUT2D eigenvalue weighted by atomic mass is 16.6. The molecule has 0 fully saturated rings. The minimum absolute atomic E-state index is 0.142. The van der Waals surface area contributed by atoms with Crippen molar-refractivity contribution in [3.63, 3.8) is 0 Å². The van der Waals surface area contributed by atoms with Crippen molar-refractivity contribution in [3.05, 3.63) is 35.9 Å². The molecule has 0 heterocycles. The molecule has 0 N–H and O–H groups in total. The summed E-state index contributed by atoms with van der Waals surface area (Å²) in [6, 6.07) is 9.68. The van der Waals surface area contributed by atoms with Crippen molar-refractivity contribution < 1.29 is 33.3 Å². The molecule has 7 nitrogen and oxygen atoms in total. The van der Waals surface area contributed by atoms with Gasteiger partial charge in [0, 0.05) is 20.1 Å². The van der Waals surface area contributed by atoms with Crippen molar-refractivity contribution in [2.45, 2.75) is 66.8 Å². The summed E-state index contributed by atoms with van der Waals surface area (Å²) in [5.41, 5.74) is -1.30. The maximum Gasteiger partial charge on any atom is 0.319 e. The Hall–Kier alpha value is -2.25. The van der Waals surface area contributed by atoms with E-state index in [9.17, 15) is 14.4 Å².